The largest absolute Gasteiger partial charge is 0.465 e. The first kappa shape index (κ1) is 20.0. The Morgan fingerprint density at radius 1 is 0.833 bits per heavy atom. The Bertz CT molecular complexity index is 587. The third-order valence-electron chi connectivity index (χ3n) is 4.49. The minimum atomic E-state index is -0.277. The molecule has 2 aromatic rings. The summed E-state index contributed by atoms with van der Waals surface area (Å²) >= 11 is 0. The van der Waals surface area contributed by atoms with Crippen molar-refractivity contribution in [2.24, 2.45) is 0 Å². The van der Waals surface area contributed by atoms with Crippen molar-refractivity contribution in [3.05, 3.63) is 71.3 Å². The molecule has 2 unspecified atom stereocenters. The van der Waals surface area contributed by atoms with Gasteiger partial charge in [0.1, 0.15) is 0 Å². The summed E-state index contributed by atoms with van der Waals surface area (Å²) in [5.41, 5.74) is 3.32. The summed E-state index contributed by atoms with van der Waals surface area (Å²) in [5, 5.41) is 0. The number of ether oxygens (including phenoxy) is 1. The fraction of sp³-hybridized carbons (Fsp3) is 0.409. The van der Waals surface area contributed by atoms with Gasteiger partial charge in [0.2, 0.25) is 0 Å². The molecule has 2 rings (SSSR count). The van der Waals surface area contributed by atoms with Crippen molar-refractivity contribution in [2.75, 3.05) is 7.11 Å². The van der Waals surface area contributed by atoms with E-state index in [2.05, 4.69) is 62.8 Å². The summed E-state index contributed by atoms with van der Waals surface area (Å²) in [5.74, 6) is 0.976. The molecule has 0 saturated heterocycles. The zero-order valence-corrected chi connectivity index (χ0v) is 15.6. The molecule has 2 heteroatoms. The highest BCUT2D eigenvalue weighted by molar-refractivity contribution is 5.89. The van der Waals surface area contributed by atoms with Crippen LogP contribution < -0.4 is 0 Å². The summed E-state index contributed by atoms with van der Waals surface area (Å²) in [6.45, 7) is 8.80. The van der Waals surface area contributed by atoms with Crippen LogP contribution in [0, 0.1) is 0 Å². The molecule has 0 saturated carbocycles. The lowest BCUT2D eigenvalue weighted by Crippen LogP contribution is -2.01. The van der Waals surface area contributed by atoms with Crippen LogP contribution in [0.1, 0.15) is 73.9 Å². The number of carbonyl (C=O) groups excluding carboxylic acids is 1. The van der Waals surface area contributed by atoms with Crippen molar-refractivity contribution in [3.8, 4) is 0 Å². The maximum absolute atomic E-state index is 11.1. The van der Waals surface area contributed by atoms with Gasteiger partial charge in [-0.05, 0) is 47.9 Å². The second kappa shape index (κ2) is 10.6. The van der Waals surface area contributed by atoms with Gasteiger partial charge >= 0.3 is 5.97 Å². The molecule has 0 N–H and O–H groups in total. The molecule has 0 bridgehead atoms. The van der Waals surface area contributed by atoms with E-state index in [0.717, 1.165) is 6.42 Å². The fourth-order valence-corrected chi connectivity index (χ4v) is 2.32. The van der Waals surface area contributed by atoms with Crippen molar-refractivity contribution >= 4 is 5.97 Å². The molecular formula is C22H30O2. The fourth-order valence-electron chi connectivity index (χ4n) is 2.32. The van der Waals surface area contributed by atoms with Crippen LogP contribution in [0.15, 0.2) is 54.6 Å². The van der Waals surface area contributed by atoms with Crippen LogP contribution in [0.4, 0.5) is 0 Å². The Kier molecular flexibility index (Phi) is 8.85. The predicted molar refractivity (Wildman–Crippen MR) is 102 cm³/mol. The zero-order chi connectivity index (χ0) is 17.9. The van der Waals surface area contributed by atoms with Gasteiger partial charge in [0.25, 0.3) is 0 Å². The Morgan fingerprint density at radius 2 is 1.29 bits per heavy atom. The number of rotatable bonds is 5. The van der Waals surface area contributed by atoms with Gasteiger partial charge in [-0.25, -0.2) is 4.79 Å². The van der Waals surface area contributed by atoms with E-state index in [0.29, 0.717) is 17.4 Å². The lowest BCUT2D eigenvalue weighted by molar-refractivity contribution is 0.0600. The summed E-state index contributed by atoms with van der Waals surface area (Å²) < 4.78 is 4.62. The normalized spacial score (nSPS) is 12.5. The minimum Gasteiger partial charge on any atom is -0.465 e. The number of carbonyl (C=O) groups is 1. The van der Waals surface area contributed by atoms with Crippen molar-refractivity contribution in [3.63, 3.8) is 0 Å². The molecule has 2 aromatic carbocycles. The van der Waals surface area contributed by atoms with E-state index < -0.39 is 0 Å². The Balaban J connectivity index is 0.000000254. The van der Waals surface area contributed by atoms with E-state index in [9.17, 15) is 4.79 Å². The molecule has 0 amide bonds. The second-order valence-corrected chi connectivity index (χ2v) is 6.14. The first-order valence-electron chi connectivity index (χ1n) is 8.76. The quantitative estimate of drug-likeness (QED) is 0.613. The average molecular weight is 326 g/mol. The predicted octanol–water partition coefficient (Wildman–Crippen LogP) is 6.19. The molecule has 0 aliphatic heterocycles. The van der Waals surface area contributed by atoms with Gasteiger partial charge in [0.05, 0.1) is 12.7 Å². The smallest absolute Gasteiger partial charge is 0.337 e. The first-order valence-corrected chi connectivity index (χ1v) is 8.76. The highest BCUT2D eigenvalue weighted by Crippen LogP contribution is 2.19. The first-order chi connectivity index (χ1) is 11.5. The van der Waals surface area contributed by atoms with E-state index in [4.69, 9.17) is 0 Å². The molecule has 2 nitrogen and oxygen atoms in total. The Labute approximate surface area is 146 Å². The van der Waals surface area contributed by atoms with Crippen LogP contribution in [0.2, 0.25) is 0 Å². The van der Waals surface area contributed by atoms with Gasteiger partial charge in [-0.3, -0.25) is 0 Å². The molecule has 0 heterocycles. The number of esters is 1. The van der Waals surface area contributed by atoms with Gasteiger partial charge < -0.3 is 4.74 Å². The van der Waals surface area contributed by atoms with Crippen LogP contribution >= 0.6 is 0 Å². The monoisotopic (exact) mass is 326 g/mol. The van der Waals surface area contributed by atoms with E-state index in [-0.39, 0.29) is 5.97 Å². The molecule has 24 heavy (non-hydrogen) atoms. The molecule has 0 aliphatic carbocycles. The molecule has 130 valence electrons. The zero-order valence-electron chi connectivity index (χ0n) is 15.6. The molecule has 0 radical (unpaired) electrons. The minimum absolute atomic E-state index is 0.277. The summed E-state index contributed by atoms with van der Waals surface area (Å²) in [4.78, 5) is 11.1. The van der Waals surface area contributed by atoms with Gasteiger partial charge in [-0.2, -0.15) is 0 Å². The van der Waals surface area contributed by atoms with Gasteiger partial charge in [-0.15, -0.1) is 0 Å². The maximum Gasteiger partial charge on any atom is 0.337 e. The third kappa shape index (κ3) is 6.19. The molecule has 0 spiro atoms. The van der Waals surface area contributed by atoms with Crippen LogP contribution in [-0.4, -0.2) is 13.1 Å². The standard InChI is InChI=1S/C12H16O2.C10H14/c1-4-9(2)10-5-7-11(8-6-10)12(13)14-3;1-3-9(2)10-7-5-4-6-8-10/h5-9H,4H2,1-3H3;4-9H,3H2,1-2H3. The number of hydrogen-bond donors (Lipinski definition) is 0. The van der Waals surface area contributed by atoms with Crippen LogP contribution in [0.5, 0.6) is 0 Å². The van der Waals surface area contributed by atoms with Gasteiger partial charge in [0, 0.05) is 0 Å². The van der Waals surface area contributed by atoms with Crippen molar-refractivity contribution in [1.82, 2.24) is 0 Å². The molecular weight excluding hydrogens is 296 g/mol. The molecule has 2 atom stereocenters. The second-order valence-electron chi connectivity index (χ2n) is 6.14. The van der Waals surface area contributed by atoms with E-state index in [1.807, 2.05) is 24.3 Å². The van der Waals surface area contributed by atoms with Gasteiger partial charge in [0.15, 0.2) is 0 Å². The number of methoxy groups -OCH3 is 1. The van der Waals surface area contributed by atoms with E-state index in [1.54, 1.807) is 0 Å². The van der Waals surface area contributed by atoms with Crippen molar-refractivity contribution < 1.29 is 9.53 Å². The highest BCUT2D eigenvalue weighted by atomic mass is 16.5. The van der Waals surface area contributed by atoms with Crippen molar-refractivity contribution in [2.45, 2.75) is 52.4 Å². The summed E-state index contributed by atoms with van der Waals surface area (Å²) in [7, 11) is 1.39. The Morgan fingerprint density at radius 3 is 1.71 bits per heavy atom. The summed E-state index contributed by atoms with van der Waals surface area (Å²) in [6.07, 6.45) is 2.33. The van der Waals surface area contributed by atoms with E-state index >= 15 is 0 Å². The Hall–Kier alpha value is -2.09. The maximum atomic E-state index is 11.1. The van der Waals surface area contributed by atoms with Crippen LogP contribution in [0.3, 0.4) is 0 Å². The molecule has 0 aromatic heterocycles. The number of hydrogen-bond acceptors (Lipinski definition) is 2. The van der Waals surface area contributed by atoms with E-state index in [1.165, 1.54) is 24.7 Å². The van der Waals surface area contributed by atoms with Crippen molar-refractivity contribution in [1.29, 1.82) is 0 Å². The SMILES string of the molecule is CCC(C)c1ccc(C(=O)OC)cc1.CCC(C)c1ccccc1. The van der Waals surface area contributed by atoms with Crippen LogP contribution in [-0.2, 0) is 4.74 Å². The number of benzene rings is 2. The van der Waals surface area contributed by atoms with Gasteiger partial charge in [-0.1, -0.05) is 70.2 Å². The average Bonchev–Trinajstić information content (AvgIpc) is 2.67. The highest BCUT2D eigenvalue weighted by Gasteiger charge is 2.06. The lowest BCUT2D eigenvalue weighted by Gasteiger charge is -2.08. The topological polar surface area (TPSA) is 26.3 Å². The third-order valence-corrected chi connectivity index (χ3v) is 4.49. The lowest BCUT2D eigenvalue weighted by atomic mass is 9.98. The van der Waals surface area contributed by atoms with Crippen LogP contribution in [0.25, 0.3) is 0 Å². The summed E-state index contributed by atoms with van der Waals surface area (Å²) in [6, 6.07) is 18.2. The molecule has 0 fully saturated rings. The molecule has 0 aliphatic rings.